The Kier molecular flexibility index (Phi) is 3.37. The Labute approximate surface area is 107 Å². The van der Waals surface area contributed by atoms with Crippen molar-refractivity contribution in [2.24, 2.45) is 10.2 Å². The minimum atomic E-state index is -0.518. The molecule has 0 heterocycles. The van der Waals surface area contributed by atoms with E-state index >= 15 is 0 Å². The Morgan fingerprint density at radius 2 is 1.53 bits per heavy atom. The van der Waals surface area contributed by atoms with Gasteiger partial charge in [-0.3, -0.25) is 10.1 Å². The van der Waals surface area contributed by atoms with Gasteiger partial charge >= 0.3 is 0 Å². The number of non-ortho nitro benzene ring substituents is 1. The van der Waals surface area contributed by atoms with Crippen molar-refractivity contribution in [1.29, 1.82) is 0 Å². The molecule has 2 aromatic carbocycles. The second-order valence-electron chi connectivity index (χ2n) is 3.62. The third-order valence-corrected chi connectivity index (χ3v) is 2.32. The highest BCUT2D eigenvalue weighted by molar-refractivity contribution is 5.60. The molecule has 2 N–H and O–H groups in total. The number of hydrogen-bond acceptors (Lipinski definition) is 6. The van der Waals surface area contributed by atoms with Crippen LogP contribution in [0.3, 0.4) is 0 Å². The summed E-state index contributed by atoms with van der Waals surface area (Å²) in [5.41, 5.74) is 0.262. The van der Waals surface area contributed by atoms with E-state index in [2.05, 4.69) is 10.2 Å². The summed E-state index contributed by atoms with van der Waals surface area (Å²) >= 11 is 0. The summed E-state index contributed by atoms with van der Waals surface area (Å²) in [5.74, 6) is -0.406. The zero-order valence-corrected chi connectivity index (χ0v) is 9.59. The molecule has 2 aromatic rings. The van der Waals surface area contributed by atoms with Crippen LogP contribution >= 0.6 is 0 Å². The van der Waals surface area contributed by atoms with E-state index in [-0.39, 0.29) is 22.9 Å². The van der Waals surface area contributed by atoms with Gasteiger partial charge in [0.25, 0.3) is 5.69 Å². The number of hydrogen-bond donors (Lipinski definition) is 2. The first kappa shape index (κ1) is 12.5. The zero-order valence-electron chi connectivity index (χ0n) is 9.59. The average Bonchev–Trinajstić information content (AvgIpc) is 2.38. The SMILES string of the molecule is O=[N+]([O-])c1ccc(/N=N/c2c(O)cccc2O)cc1. The highest BCUT2D eigenvalue weighted by Gasteiger charge is 2.06. The fourth-order valence-electron chi connectivity index (χ4n) is 1.37. The van der Waals surface area contributed by atoms with Crippen LogP contribution in [0.5, 0.6) is 11.5 Å². The van der Waals surface area contributed by atoms with Gasteiger partial charge in [-0.2, -0.15) is 5.11 Å². The summed E-state index contributed by atoms with van der Waals surface area (Å²) in [6.45, 7) is 0. The minimum absolute atomic E-state index is 0.0515. The number of phenols is 2. The molecule has 0 unspecified atom stereocenters. The molecule has 0 aromatic heterocycles. The summed E-state index contributed by atoms with van der Waals surface area (Å²) in [5, 5.41) is 36.9. The van der Waals surface area contributed by atoms with Crippen LogP contribution in [-0.4, -0.2) is 15.1 Å². The lowest BCUT2D eigenvalue weighted by atomic mass is 10.3. The van der Waals surface area contributed by atoms with Gasteiger partial charge in [0.05, 0.1) is 10.6 Å². The van der Waals surface area contributed by atoms with Gasteiger partial charge in [-0.1, -0.05) is 6.07 Å². The maximum absolute atomic E-state index is 10.5. The fourth-order valence-corrected chi connectivity index (χ4v) is 1.37. The van der Waals surface area contributed by atoms with E-state index in [1.807, 2.05) is 0 Å². The summed E-state index contributed by atoms with van der Waals surface area (Å²) in [6.07, 6.45) is 0. The summed E-state index contributed by atoms with van der Waals surface area (Å²) in [4.78, 5) is 9.95. The van der Waals surface area contributed by atoms with Crippen LogP contribution in [0.2, 0.25) is 0 Å². The first-order valence-electron chi connectivity index (χ1n) is 5.25. The average molecular weight is 259 g/mol. The molecule has 7 nitrogen and oxygen atoms in total. The van der Waals surface area contributed by atoms with Crippen molar-refractivity contribution >= 4 is 17.1 Å². The van der Waals surface area contributed by atoms with Gasteiger partial charge in [0.15, 0.2) is 5.69 Å². The van der Waals surface area contributed by atoms with E-state index in [9.17, 15) is 20.3 Å². The Bertz CT molecular complexity index is 618. The number of benzene rings is 2. The normalized spacial score (nSPS) is 10.7. The molecule has 0 aliphatic rings. The molecule has 96 valence electrons. The van der Waals surface area contributed by atoms with Gasteiger partial charge in [0.1, 0.15) is 11.5 Å². The third-order valence-electron chi connectivity index (χ3n) is 2.32. The molecule has 0 spiro atoms. The van der Waals surface area contributed by atoms with E-state index < -0.39 is 4.92 Å². The molecule has 19 heavy (non-hydrogen) atoms. The standard InChI is InChI=1S/C12H9N3O4/c16-10-2-1-3-11(17)12(10)14-13-8-4-6-9(7-5-8)15(18)19/h1-7,16-17H/b14-13+. The number of nitro groups is 1. The zero-order chi connectivity index (χ0) is 13.8. The van der Waals surface area contributed by atoms with Crippen LogP contribution in [0, 0.1) is 10.1 Å². The maximum atomic E-state index is 10.5. The van der Waals surface area contributed by atoms with Crippen LogP contribution < -0.4 is 0 Å². The molecule has 2 rings (SSSR count). The van der Waals surface area contributed by atoms with Gasteiger partial charge in [-0.05, 0) is 24.3 Å². The molecule has 0 aliphatic carbocycles. The number of nitro benzene ring substituents is 1. The van der Waals surface area contributed by atoms with Crippen molar-refractivity contribution in [1.82, 2.24) is 0 Å². The van der Waals surface area contributed by atoms with Gasteiger partial charge in [-0.25, -0.2) is 0 Å². The fraction of sp³-hybridized carbons (Fsp3) is 0. The van der Waals surface area contributed by atoms with Gasteiger partial charge in [-0.15, -0.1) is 5.11 Å². The van der Waals surface area contributed by atoms with Crippen molar-refractivity contribution in [3.05, 3.63) is 52.6 Å². The van der Waals surface area contributed by atoms with Crippen molar-refractivity contribution in [2.45, 2.75) is 0 Å². The maximum Gasteiger partial charge on any atom is 0.269 e. The highest BCUT2D eigenvalue weighted by Crippen LogP contribution is 2.36. The van der Waals surface area contributed by atoms with E-state index in [1.165, 1.54) is 42.5 Å². The molecular formula is C12H9N3O4. The van der Waals surface area contributed by atoms with Gasteiger partial charge in [0.2, 0.25) is 0 Å². The van der Waals surface area contributed by atoms with E-state index in [0.717, 1.165) is 0 Å². The van der Waals surface area contributed by atoms with Gasteiger partial charge < -0.3 is 10.2 Å². The van der Waals surface area contributed by atoms with Gasteiger partial charge in [0, 0.05) is 12.1 Å². The van der Waals surface area contributed by atoms with Crippen molar-refractivity contribution in [3.8, 4) is 11.5 Å². The second kappa shape index (κ2) is 5.13. The molecule has 7 heteroatoms. The molecular weight excluding hydrogens is 250 g/mol. The highest BCUT2D eigenvalue weighted by atomic mass is 16.6. The number of phenolic OH excluding ortho intramolecular Hbond substituents is 2. The summed E-state index contributed by atoms with van der Waals surface area (Å²) in [7, 11) is 0. The predicted molar refractivity (Wildman–Crippen MR) is 67.0 cm³/mol. The largest absolute Gasteiger partial charge is 0.505 e. The molecule has 0 fully saturated rings. The van der Waals surface area contributed by atoms with E-state index in [0.29, 0.717) is 5.69 Å². The molecule has 0 aliphatic heterocycles. The summed E-state index contributed by atoms with van der Waals surface area (Å²) < 4.78 is 0. The number of azo groups is 1. The Morgan fingerprint density at radius 3 is 2.05 bits per heavy atom. The minimum Gasteiger partial charge on any atom is -0.505 e. The molecule has 0 radical (unpaired) electrons. The predicted octanol–water partition coefficient (Wildman–Crippen LogP) is 3.42. The van der Waals surface area contributed by atoms with Crippen LogP contribution in [0.1, 0.15) is 0 Å². The molecule has 0 saturated carbocycles. The number of aromatic hydroxyl groups is 2. The van der Waals surface area contributed by atoms with Crippen LogP contribution in [0.15, 0.2) is 52.7 Å². The monoisotopic (exact) mass is 259 g/mol. The van der Waals surface area contributed by atoms with Crippen molar-refractivity contribution in [3.63, 3.8) is 0 Å². The van der Waals surface area contributed by atoms with Crippen LogP contribution in [0.4, 0.5) is 17.1 Å². The second-order valence-corrected chi connectivity index (χ2v) is 3.62. The topological polar surface area (TPSA) is 108 Å². The first-order chi connectivity index (χ1) is 9.08. The lowest BCUT2D eigenvalue weighted by Gasteiger charge is -1.99. The lowest BCUT2D eigenvalue weighted by molar-refractivity contribution is -0.384. The number of nitrogens with zero attached hydrogens (tertiary/aromatic N) is 3. The molecule has 0 amide bonds. The number of rotatable bonds is 3. The van der Waals surface area contributed by atoms with Crippen LogP contribution in [-0.2, 0) is 0 Å². The Morgan fingerprint density at radius 1 is 0.947 bits per heavy atom. The van der Waals surface area contributed by atoms with E-state index in [4.69, 9.17) is 0 Å². The van der Waals surface area contributed by atoms with Crippen molar-refractivity contribution in [2.75, 3.05) is 0 Å². The summed E-state index contributed by atoms with van der Waals surface area (Å²) in [6, 6.07) is 9.61. The van der Waals surface area contributed by atoms with Crippen molar-refractivity contribution < 1.29 is 15.1 Å². The first-order valence-corrected chi connectivity index (χ1v) is 5.25. The molecule has 0 bridgehead atoms. The molecule has 0 atom stereocenters. The molecule has 0 saturated heterocycles. The smallest absolute Gasteiger partial charge is 0.269 e. The van der Waals surface area contributed by atoms with E-state index in [1.54, 1.807) is 0 Å². The van der Waals surface area contributed by atoms with Crippen LogP contribution in [0.25, 0.3) is 0 Å². The lowest BCUT2D eigenvalue weighted by Crippen LogP contribution is -1.85. The Balaban J connectivity index is 2.25. The third kappa shape index (κ3) is 2.83. The quantitative estimate of drug-likeness (QED) is 0.500. The Hall–Kier alpha value is -2.96.